The van der Waals surface area contributed by atoms with Crippen molar-refractivity contribution in [1.82, 2.24) is 0 Å². The van der Waals surface area contributed by atoms with E-state index in [1.807, 2.05) is 25.1 Å². The number of fused-ring (bicyclic) bond motifs is 1. The zero-order chi connectivity index (χ0) is 16.9. The van der Waals surface area contributed by atoms with Crippen LogP contribution in [0.15, 0.2) is 42.5 Å². The minimum atomic E-state index is -0.110. The fourth-order valence-corrected chi connectivity index (χ4v) is 2.38. The molecule has 0 radical (unpaired) electrons. The van der Waals surface area contributed by atoms with Gasteiger partial charge >= 0.3 is 0 Å². The molecule has 5 nitrogen and oxygen atoms in total. The summed E-state index contributed by atoms with van der Waals surface area (Å²) < 4.78 is 21.3. The molecule has 1 heterocycles. The summed E-state index contributed by atoms with van der Waals surface area (Å²) in [6, 6.07) is 10.7. The lowest BCUT2D eigenvalue weighted by molar-refractivity contribution is 0.104. The number of ketones is 1. The van der Waals surface area contributed by atoms with Crippen LogP contribution in [0.5, 0.6) is 23.0 Å². The van der Waals surface area contributed by atoms with E-state index in [0.717, 1.165) is 5.56 Å². The first-order valence-electron chi connectivity index (χ1n) is 7.64. The molecule has 0 spiro atoms. The van der Waals surface area contributed by atoms with Gasteiger partial charge in [0.1, 0.15) is 0 Å². The molecule has 0 N–H and O–H groups in total. The second-order valence-corrected chi connectivity index (χ2v) is 5.11. The Balaban J connectivity index is 1.76. The lowest BCUT2D eigenvalue weighted by Crippen LogP contribution is -1.96. The fourth-order valence-electron chi connectivity index (χ4n) is 2.38. The number of allylic oxidation sites excluding steroid dienone is 1. The predicted molar refractivity (Wildman–Crippen MR) is 90.1 cm³/mol. The Hall–Kier alpha value is -2.95. The highest BCUT2D eigenvalue weighted by Gasteiger charge is 2.15. The van der Waals surface area contributed by atoms with Crippen LogP contribution in [0, 0.1) is 0 Å². The number of hydrogen-bond donors (Lipinski definition) is 0. The average molecular weight is 326 g/mol. The highest BCUT2D eigenvalue weighted by molar-refractivity contribution is 6.07. The van der Waals surface area contributed by atoms with Gasteiger partial charge in [-0.25, -0.2) is 0 Å². The number of rotatable bonds is 6. The molecule has 0 atom stereocenters. The van der Waals surface area contributed by atoms with Gasteiger partial charge in [-0.05, 0) is 48.9 Å². The molecule has 0 saturated heterocycles. The van der Waals surface area contributed by atoms with Crippen LogP contribution in [0.4, 0.5) is 0 Å². The van der Waals surface area contributed by atoms with Crippen molar-refractivity contribution in [2.45, 2.75) is 6.92 Å². The van der Waals surface area contributed by atoms with Crippen LogP contribution >= 0.6 is 0 Å². The summed E-state index contributed by atoms with van der Waals surface area (Å²) in [5.41, 5.74) is 1.40. The van der Waals surface area contributed by atoms with Gasteiger partial charge in [0.25, 0.3) is 0 Å². The summed E-state index contributed by atoms with van der Waals surface area (Å²) >= 11 is 0. The van der Waals surface area contributed by atoms with E-state index in [4.69, 9.17) is 18.9 Å². The van der Waals surface area contributed by atoms with Gasteiger partial charge in [0.2, 0.25) is 6.79 Å². The normalized spacial score (nSPS) is 12.4. The summed E-state index contributed by atoms with van der Waals surface area (Å²) in [5.74, 6) is 2.46. The summed E-state index contributed by atoms with van der Waals surface area (Å²) in [6.45, 7) is 2.67. The average Bonchev–Trinajstić information content (AvgIpc) is 3.08. The highest BCUT2D eigenvalue weighted by atomic mass is 16.7. The Kier molecular flexibility index (Phi) is 4.70. The number of ether oxygens (including phenoxy) is 4. The van der Waals surface area contributed by atoms with Crippen LogP contribution in [0.3, 0.4) is 0 Å². The fraction of sp³-hybridized carbons (Fsp3) is 0.211. The Morgan fingerprint density at radius 3 is 2.75 bits per heavy atom. The quantitative estimate of drug-likeness (QED) is 0.598. The Labute approximate surface area is 140 Å². The van der Waals surface area contributed by atoms with Crippen LogP contribution in [0.2, 0.25) is 0 Å². The molecule has 124 valence electrons. The molecule has 0 saturated carbocycles. The third kappa shape index (κ3) is 3.35. The van der Waals surface area contributed by atoms with Crippen molar-refractivity contribution in [1.29, 1.82) is 0 Å². The number of methoxy groups -OCH3 is 1. The van der Waals surface area contributed by atoms with E-state index in [1.54, 1.807) is 31.4 Å². The zero-order valence-corrected chi connectivity index (χ0v) is 13.6. The van der Waals surface area contributed by atoms with E-state index in [2.05, 4.69) is 0 Å². The first-order valence-corrected chi connectivity index (χ1v) is 7.64. The van der Waals surface area contributed by atoms with Crippen molar-refractivity contribution in [2.24, 2.45) is 0 Å². The SMILES string of the molecule is CCOc1ccc(/C=C/C(=O)c2ccc3c(c2)OCO3)cc1OC. The van der Waals surface area contributed by atoms with Gasteiger partial charge in [-0.3, -0.25) is 4.79 Å². The van der Waals surface area contributed by atoms with Crippen molar-refractivity contribution in [3.05, 3.63) is 53.6 Å². The number of benzene rings is 2. The summed E-state index contributed by atoms with van der Waals surface area (Å²) in [5, 5.41) is 0. The second kappa shape index (κ2) is 7.08. The van der Waals surface area contributed by atoms with Gasteiger partial charge in [-0.15, -0.1) is 0 Å². The van der Waals surface area contributed by atoms with Gasteiger partial charge < -0.3 is 18.9 Å². The second-order valence-electron chi connectivity index (χ2n) is 5.11. The van der Waals surface area contributed by atoms with Crippen molar-refractivity contribution in [3.8, 4) is 23.0 Å². The van der Waals surface area contributed by atoms with Crippen LogP contribution in [0.1, 0.15) is 22.8 Å². The molecular formula is C19H18O5. The van der Waals surface area contributed by atoms with Crippen molar-refractivity contribution < 1.29 is 23.7 Å². The molecule has 2 aromatic rings. The van der Waals surface area contributed by atoms with E-state index < -0.39 is 0 Å². The van der Waals surface area contributed by atoms with Crippen molar-refractivity contribution in [3.63, 3.8) is 0 Å². The van der Waals surface area contributed by atoms with Crippen LogP contribution < -0.4 is 18.9 Å². The van der Waals surface area contributed by atoms with Gasteiger partial charge in [0, 0.05) is 5.56 Å². The minimum Gasteiger partial charge on any atom is -0.493 e. The largest absolute Gasteiger partial charge is 0.493 e. The van der Waals surface area contributed by atoms with Gasteiger partial charge in [-0.2, -0.15) is 0 Å². The maximum Gasteiger partial charge on any atom is 0.231 e. The Bertz CT molecular complexity index is 779. The van der Waals surface area contributed by atoms with Crippen molar-refractivity contribution >= 4 is 11.9 Å². The zero-order valence-electron chi connectivity index (χ0n) is 13.6. The molecule has 0 amide bonds. The third-order valence-electron chi connectivity index (χ3n) is 3.57. The molecule has 5 heteroatoms. The Morgan fingerprint density at radius 2 is 1.96 bits per heavy atom. The monoisotopic (exact) mass is 326 g/mol. The third-order valence-corrected chi connectivity index (χ3v) is 3.57. The van der Waals surface area contributed by atoms with E-state index >= 15 is 0 Å². The molecule has 24 heavy (non-hydrogen) atoms. The first-order chi connectivity index (χ1) is 11.7. The van der Waals surface area contributed by atoms with E-state index in [1.165, 1.54) is 6.08 Å². The van der Waals surface area contributed by atoms with E-state index in [9.17, 15) is 4.79 Å². The maximum atomic E-state index is 12.3. The van der Waals surface area contributed by atoms with E-state index in [-0.39, 0.29) is 12.6 Å². The standard InChI is InChI=1S/C19H18O5/c1-3-22-16-8-5-13(10-18(16)21-2)4-7-15(20)14-6-9-17-19(11-14)24-12-23-17/h4-11H,3,12H2,1-2H3/b7-4+. The van der Waals surface area contributed by atoms with Gasteiger partial charge in [-0.1, -0.05) is 12.1 Å². The molecule has 1 aliphatic rings. The molecule has 0 bridgehead atoms. The van der Waals surface area contributed by atoms with Crippen LogP contribution in [-0.2, 0) is 0 Å². The Morgan fingerprint density at radius 1 is 1.12 bits per heavy atom. The molecular weight excluding hydrogens is 308 g/mol. The van der Waals surface area contributed by atoms with Crippen molar-refractivity contribution in [2.75, 3.05) is 20.5 Å². The number of hydrogen-bond acceptors (Lipinski definition) is 5. The lowest BCUT2D eigenvalue weighted by atomic mass is 10.1. The molecule has 0 aliphatic carbocycles. The summed E-state index contributed by atoms with van der Waals surface area (Å²) in [6.07, 6.45) is 3.26. The van der Waals surface area contributed by atoms with Crippen LogP contribution in [-0.4, -0.2) is 26.3 Å². The molecule has 0 aromatic heterocycles. The molecule has 2 aromatic carbocycles. The van der Waals surface area contributed by atoms with Gasteiger partial charge in [0.05, 0.1) is 13.7 Å². The number of carbonyl (C=O) groups is 1. The number of carbonyl (C=O) groups excluding carboxylic acids is 1. The molecule has 3 rings (SSSR count). The highest BCUT2D eigenvalue weighted by Crippen LogP contribution is 2.33. The topological polar surface area (TPSA) is 54.0 Å². The van der Waals surface area contributed by atoms with E-state index in [0.29, 0.717) is 35.2 Å². The predicted octanol–water partition coefficient (Wildman–Crippen LogP) is 3.72. The smallest absolute Gasteiger partial charge is 0.231 e. The summed E-state index contributed by atoms with van der Waals surface area (Å²) in [4.78, 5) is 12.3. The minimum absolute atomic E-state index is 0.110. The van der Waals surface area contributed by atoms with Gasteiger partial charge in [0.15, 0.2) is 28.8 Å². The molecule has 1 aliphatic heterocycles. The first kappa shape index (κ1) is 15.9. The summed E-state index contributed by atoms with van der Waals surface area (Å²) in [7, 11) is 1.59. The van der Waals surface area contributed by atoms with Crippen LogP contribution in [0.25, 0.3) is 6.08 Å². The maximum absolute atomic E-state index is 12.3. The molecule has 0 fully saturated rings. The molecule has 0 unspecified atom stereocenters. The lowest BCUT2D eigenvalue weighted by Gasteiger charge is -2.09.